The van der Waals surface area contributed by atoms with E-state index < -0.39 is 0 Å². The Balaban J connectivity index is 1.55. The summed E-state index contributed by atoms with van der Waals surface area (Å²) in [6, 6.07) is 15.0. The molecule has 29 heavy (non-hydrogen) atoms. The molecule has 1 N–H and O–H groups in total. The minimum atomic E-state index is -0.314. The number of ether oxygens (including phenoxy) is 2. The Hall–Kier alpha value is -3.61. The number of nitrogens with one attached hydrogen (secondary N) is 1. The van der Waals surface area contributed by atoms with E-state index in [1.807, 2.05) is 36.9 Å². The van der Waals surface area contributed by atoms with Gasteiger partial charge in [0.05, 0.1) is 0 Å². The van der Waals surface area contributed by atoms with Crippen LogP contribution in [0, 0.1) is 6.92 Å². The largest absolute Gasteiger partial charge is 0.486 e. The quantitative estimate of drug-likeness (QED) is 0.710. The first kappa shape index (κ1) is 18.7. The summed E-state index contributed by atoms with van der Waals surface area (Å²) in [5.41, 5.74) is 3.03. The van der Waals surface area contributed by atoms with E-state index in [2.05, 4.69) is 21.4 Å². The molecule has 0 radical (unpaired) electrons. The maximum Gasteiger partial charge on any atom is 0.274 e. The second-order valence-corrected chi connectivity index (χ2v) is 6.64. The average molecular weight is 390 g/mol. The fourth-order valence-electron chi connectivity index (χ4n) is 3.16. The third-order valence-electron chi connectivity index (χ3n) is 4.55. The van der Waals surface area contributed by atoms with Crippen molar-refractivity contribution in [2.24, 2.45) is 0 Å². The van der Waals surface area contributed by atoms with Crippen molar-refractivity contribution in [2.75, 3.05) is 30.0 Å². The molecule has 7 nitrogen and oxygen atoms in total. The van der Waals surface area contributed by atoms with Crippen LogP contribution in [0.5, 0.6) is 11.5 Å². The third kappa shape index (κ3) is 4.13. The SMILES string of the molecule is CCN(c1cccc(C)c1)c1nccc(C(=O)Nc2ccc3c(c2)OCCO3)n1. The number of amides is 1. The van der Waals surface area contributed by atoms with Gasteiger partial charge in [0.25, 0.3) is 5.91 Å². The topological polar surface area (TPSA) is 76.6 Å². The number of carbonyl (C=O) groups excluding carboxylic acids is 1. The Morgan fingerprint density at radius 1 is 1.10 bits per heavy atom. The molecule has 0 fully saturated rings. The molecule has 1 aliphatic heterocycles. The number of nitrogens with zero attached hydrogens (tertiary/aromatic N) is 3. The van der Waals surface area contributed by atoms with Gasteiger partial charge in [0.1, 0.15) is 18.9 Å². The Labute approximate surface area is 169 Å². The van der Waals surface area contributed by atoms with Gasteiger partial charge >= 0.3 is 0 Å². The van der Waals surface area contributed by atoms with Gasteiger partial charge in [-0.3, -0.25) is 4.79 Å². The normalized spacial score (nSPS) is 12.3. The van der Waals surface area contributed by atoms with Crippen LogP contribution in [0.15, 0.2) is 54.7 Å². The number of carbonyl (C=O) groups is 1. The first-order valence-corrected chi connectivity index (χ1v) is 9.52. The summed E-state index contributed by atoms with van der Waals surface area (Å²) in [6.45, 7) is 5.75. The summed E-state index contributed by atoms with van der Waals surface area (Å²) in [6.07, 6.45) is 1.60. The number of fused-ring (bicyclic) bond motifs is 1. The first-order chi connectivity index (χ1) is 14.1. The van der Waals surface area contributed by atoms with Crippen molar-refractivity contribution < 1.29 is 14.3 Å². The van der Waals surface area contributed by atoms with Gasteiger partial charge in [-0.2, -0.15) is 0 Å². The molecule has 148 valence electrons. The van der Waals surface area contributed by atoms with E-state index in [1.165, 1.54) is 0 Å². The van der Waals surface area contributed by atoms with Gasteiger partial charge in [-0.05, 0) is 49.7 Å². The van der Waals surface area contributed by atoms with Gasteiger partial charge in [-0.15, -0.1) is 0 Å². The lowest BCUT2D eigenvalue weighted by Crippen LogP contribution is -2.21. The van der Waals surface area contributed by atoms with Crippen LogP contribution < -0.4 is 19.7 Å². The summed E-state index contributed by atoms with van der Waals surface area (Å²) in [7, 11) is 0. The molecule has 0 aliphatic carbocycles. The van der Waals surface area contributed by atoms with Gasteiger partial charge in [-0.1, -0.05) is 12.1 Å². The van der Waals surface area contributed by atoms with E-state index in [9.17, 15) is 4.79 Å². The summed E-state index contributed by atoms with van der Waals surface area (Å²) < 4.78 is 11.1. The summed E-state index contributed by atoms with van der Waals surface area (Å²) in [5, 5.41) is 2.86. The molecule has 0 unspecified atom stereocenters. The van der Waals surface area contributed by atoms with Crippen molar-refractivity contribution in [1.29, 1.82) is 0 Å². The van der Waals surface area contributed by atoms with Crippen LogP contribution in [0.3, 0.4) is 0 Å². The van der Waals surface area contributed by atoms with Crippen LogP contribution in [-0.4, -0.2) is 35.6 Å². The highest BCUT2D eigenvalue weighted by atomic mass is 16.6. The third-order valence-corrected chi connectivity index (χ3v) is 4.55. The van der Waals surface area contributed by atoms with E-state index >= 15 is 0 Å². The van der Waals surface area contributed by atoms with Crippen molar-refractivity contribution in [3.05, 3.63) is 66.0 Å². The van der Waals surface area contributed by atoms with Crippen molar-refractivity contribution >= 4 is 23.2 Å². The lowest BCUT2D eigenvalue weighted by Gasteiger charge is -2.21. The van der Waals surface area contributed by atoms with E-state index in [4.69, 9.17) is 9.47 Å². The summed E-state index contributed by atoms with van der Waals surface area (Å²) in [4.78, 5) is 23.6. The summed E-state index contributed by atoms with van der Waals surface area (Å²) in [5.74, 6) is 1.46. The van der Waals surface area contributed by atoms with Gasteiger partial charge in [0.15, 0.2) is 11.5 Å². The van der Waals surface area contributed by atoms with Crippen LogP contribution in [-0.2, 0) is 0 Å². The Morgan fingerprint density at radius 3 is 2.72 bits per heavy atom. The number of aromatic nitrogens is 2. The Kier molecular flexibility index (Phi) is 5.29. The highest BCUT2D eigenvalue weighted by Crippen LogP contribution is 2.32. The zero-order valence-corrected chi connectivity index (χ0v) is 16.4. The summed E-state index contributed by atoms with van der Waals surface area (Å²) >= 11 is 0. The van der Waals surface area contributed by atoms with Crippen molar-refractivity contribution in [3.8, 4) is 11.5 Å². The molecule has 1 amide bonds. The van der Waals surface area contributed by atoms with E-state index in [0.717, 1.165) is 11.3 Å². The van der Waals surface area contributed by atoms with Crippen LogP contribution >= 0.6 is 0 Å². The maximum absolute atomic E-state index is 12.7. The molecule has 1 aliphatic rings. The minimum Gasteiger partial charge on any atom is -0.486 e. The Morgan fingerprint density at radius 2 is 1.93 bits per heavy atom. The number of rotatable bonds is 5. The zero-order valence-electron chi connectivity index (χ0n) is 16.4. The predicted molar refractivity (Wildman–Crippen MR) is 111 cm³/mol. The number of hydrogen-bond acceptors (Lipinski definition) is 6. The number of aryl methyl sites for hydroxylation is 1. The second-order valence-electron chi connectivity index (χ2n) is 6.64. The molecule has 0 bridgehead atoms. The number of hydrogen-bond donors (Lipinski definition) is 1. The van der Waals surface area contributed by atoms with E-state index in [-0.39, 0.29) is 11.6 Å². The molecule has 0 spiro atoms. The van der Waals surface area contributed by atoms with Crippen molar-refractivity contribution in [2.45, 2.75) is 13.8 Å². The molecule has 4 rings (SSSR count). The number of benzene rings is 2. The molecule has 7 heteroatoms. The van der Waals surface area contributed by atoms with Crippen LogP contribution in [0.1, 0.15) is 23.0 Å². The molecule has 2 heterocycles. The lowest BCUT2D eigenvalue weighted by molar-refractivity contribution is 0.102. The maximum atomic E-state index is 12.7. The highest BCUT2D eigenvalue weighted by molar-refractivity contribution is 6.03. The van der Waals surface area contributed by atoms with Crippen LogP contribution in [0.25, 0.3) is 0 Å². The average Bonchev–Trinajstić information content (AvgIpc) is 2.74. The monoisotopic (exact) mass is 390 g/mol. The van der Waals surface area contributed by atoms with Crippen LogP contribution in [0.2, 0.25) is 0 Å². The van der Waals surface area contributed by atoms with Gasteiger partial charge in [0, 0.05) is 30.2 Å². The Bertz CT molecular complexity index is 1040. The number of anilines is 3. The predicted octanol–water partition coefficient (Wildman–Crippen LogP) is 3.97. The van der Waals surface area contributed by atoms with Gasteiger partial charge in [-0.25, -0.2) is 9.97 Å². The molecular formula is C22H22N4O3. The fraction of sp³-hybridized carbons (Fsp3) is 0.227. The molecule has 0 saturated heterocycles. The molecule has 3 aromatic rings. The fourth-order valence-corrected chi connectivity index (χ4v) is 3.16. The molecular weight excluding hydrogens is 368 g/mol. The van der Waals surface area contributed by atoms with E-state index in [1.54, 1.807) is 30.5 Å². The minimum absolute atomic E-state index is 0.288. The molecule has 1 aromatic heterocycles. The second kappa shape index (κ2) is 8.18. The molecule has 0 atom stereocenters. The molecule has 2 aromatic carbocycles. The first-order valence-electron chi connectivity index (χ1n) is 9.52. The highest BCUT2D eigenvalue weighted by Gasteiger charge is 2.16. The van der Waals surface area contributed by atoms with E-state index in [0.29, 0.717) is 42.9 Å². The van der Waals surface area contributed by atoms with Crippen molar-refractivity contribution in [3.63, 3.8) is 0 Å². The molecule has 0 saturated carbocycles. The van der Waals surface area contributed by atoms with Crippen molar-refractivity contribution in [1.82, 2.24) is 9.97 Å². The van der Waals surface area contributed by atoms with Crippen LogP contribution in [0.4, 0.5) is 17.3 Å². The smallest absolute Gasteiger partial charge is 0.274 e. The van der Waals surface area contributed by atoms with Gasteiger partial charge < -0.3 is 19.7 Å². The van der Waals surface area contributed by atoms with Gasteiger partial charge in [0.2, 0.25) is 5.95 Å². The standard InChI is InChI=1S/C22H22N4O3/c1-3-26(17-6-4-5-15(2)13-17)22-23-10-9-18(25-22)21(27)24-16-7-8-19-20(14-16)29-12-11-28-19/h4-10,13-14H,3,11-12H2,1-2H3,(H,24,27). The zero-order chi connectivity index (χ0) is 20.2. The lowest BCUT2D eigenvalue weighted by atomic mass is 10.2.